The zero-order valence-electron chi connectivity index (χ0n) is 19.7. The van der Waals surface area contributed by atoms with Crippen molar-refractivity contribution in [2.75, 3.05) is 39.3 Å². The molecule has 3 unspecified atom stereocenters. The molecule has 0 saturated carbocycles. The van der Waals surface area contributed by atoms with Crippen molar-refractivity contribution >= 4 is 29.2 Å². The fourth-order valence-corrected chi connectivity index (χ4v) is 5.40. The first-order valence-corrected chi connectivity index (χ1v) is 11.7. The van der Waals surface area contributed by atoms with Crippen molar-refractivity contribution in [3.63, 3.8) is 0 Å². The number of urea groups is 1. The summed E-state index contributed by atoms with van der Waals surface area (Å²) in [6, 6.07) is 8.78. The molecular weight excluding hydrogens is 477 g/mol. The minimum Gasteiger partial charge on any atom is -0.497 e. The van der Waals surface area contributed by atoms with Gasteiger partial charge in [-0.15, -0.1) is 0 Å². The number of hydrogen-bond donors (Lipinski definition) is 1. The Morgan fingerprint density at radius 3 is 2.66 bits per heavy atom. The zero-order valence-corrected chi connectivity index (χ0v) is 20.5. The lowest BCUT2D eigenvalue weighted by Gasteiger charge is -2.44. The number of amides is 3. The van der Waals surface area contributed by atoms with Crippen LogP contribution in [0, 0.1) is 5.82 Å². The molecule has 3 saturated heterocycles. The van der Waals surface area contributed by atoms with Crippen molar-refractivity contribution in [2.24, 2.45) is 0 Å². The molecule has 3 aliphatic heterocycles. The van der Waals surface area contributed by atoms with E-state index in [-0.39, 0.29) is 29.3 Å². The predicted molar refractivity (Wildman–Crippen MR) is 128 cm³/mol. The lowest BCUT2D eigenvalue weighted by atomic mass is 10.1. The Morgan fingerprint density at radius 1 is 1.14 bits per heavy atom. The van der Waals surface area contributed by atoms with E-state index in [0.29, 0.717) is 18.0 Å². The van der Waals surface area contributed by atoms with E-state index in [0.717, 1.165) is 23.6 Å². The maximum absolute atomic E-state index is 14.5. The highest BCUT2D eigenvalue weighted by Crippen LogP contribution is 2.38. The summed E-state index contributed by atoms with van der Waals surface area (Å²) in [5.41, 5.74) is 0.971. The Labute approximate surface area is 207 Å². The topological polar surface area (TPSA) is 77.6 Å². The average Bonchev–Trinajstić information content (AvgIpc) is 3.26. The van der Waals surface area contributed by atoms with Crippen molar-refractivity contribution in [2.45, 2.75) is 31.5 Å². The molecule has 9 nitrogen and oxygen atoms in total. The Kier molecular flexibility index (Phi) is 6.20. The third-order valence-electron chi connectivity index (χ3n) is 6.94. The minimum absolute atomic E-state index is 0.119. The normalized spacial score (nSPS) is 24.5. The third-order valence-corrected chi connectivity index (χ3v) is 7.30. The number of hydrogen-bond acceptors (Lipinski definition) is 7. The molecule has 0 bridgehead atoms. The van der Waals surface area contributed by atoms with E-state index < -0.39 is 24.1 Å². The molecule has 3 heterocycles. The van der Waals surface area contributed by atoms with Gasteiger partial charge in [-0.2, -0.15) is 0 Å². The van der Waals surface area contributed by atoms with Gasteiger partial charge < -0.3 is 19.3 Å². The number of rotatable bonds is 5. The second-order valence-electron chi connectivity index (χ2n) is 8.77. The van der Waals surface area contributed by atoms with E-state index in [1.165, 1.54) is 17.0 Å². The number of methoxy groups -OCH3 is 2. The van der Waals surface area contributed by atoms with Gasteiger partial charge in [-0.05, 0) is 30.7 Å². The summed E-state index contributed by atoms with van der Waals surface area (Å²) in [6.07, 6.45) is -0.0601. The highest BCUT2D eigenvalue weighted by molar-refractivity contribution is 6.31. The first-order chi connectivity index (χ1) is 16.8. The van der Waals surface area contributed by atoms with Crippen molar-refractivity contribution in [3.05, 3.63) is 52.8 Å². The molecule has 3 amide bonds. The fraction of sp³-hybridized carbons (Fsp3) is 0.417. The summed E-state index contributed by atoms with van der Waals surface area (Å²) >= 11 is 6.19. The van der Waals surface area contributed by atoms with Crippen LogP contribution in [0.1, 0.15) is 12.0 Å². The third kappa shape index (κ3) is 3.85. The number of carbonyl (C=O) groups is 2. The van der Waals surface area contributed by atoms with E-state index in [1.54, 1.807) is 27.3 Å². The Balaban J connectivity index is 1.46. The number of benzene rings is 2. The van der Waals surface area contributed by atoms with Crippen molar-refractivity contribution < 1.29 is 23.5 Å². The van der Waals surface area contributed by atoms with Crippen LogP contribution < -0.4 is 19.7 Å². The summed E-state index contributed by atoms with van der Waals surface area (Å²) in [4.78, 5) is 33.6. The smallest absolute Gasteiger partial charge is 0.328 e. The van der Waals surface area contributed by atoms with Gasteiger partial charge in [-0.25, -0.2) is 9.18 Å². The summed E-state index contributed by atoms with van der Waals surface area (Å²) < 4.78 is 25.4. The number of fused-ring (bicyclic) bond motifs is 3. The maximum atomic E-state index is 14.5. The van der Waals surface area contributed by atoms with Gasteiger partial charge in [0.05, 0.1) is 26.5 Å². The zero-order chi connectivity index (χ0) is 24.9. The quantitative estimate of drug-likeness (QED) is 0.672. The molecule has 1 N–H and O–H groups in total. The SMILES string of the molecule is COc1ccc(N2CCCN3C4C(=O)N(Cc5c(F)cccc5Cl)C(=O)N(C)C4NC23)c(OC)c1. The standard InChI is InChI=1S/C24H27ClFN5O4/c1-28-21-20(22(32)31(24(28)33)13-15-16(25)6-4-7-17(15)26)30-11-5-10-29(23(30)27-21)18-9-8-14(34-2)12-19(18)35-3/h4,6-9,12,20-21,23,27H,5,10-11,13H2,1-3H3. The predicted octanol–water partition coefficient (Wildman–Crippen LogP) is 2.68. The summed E-state index contributed by atoms with van der Waals surface area (Å²) in [5, 5.41) is 3.64. The van der Waals surface area contributed by atoms with Crippen molar-refractivity contribution in [3.8, 4) is 11.5 Å². The van der Waals surface area contributed by atoms with Crippen molar-refractivity contribution in [1.82, 2.24) is 20.0 Å². The molecule has 0 aliphatic carbocycles. The first-order valence-electron chi connectivity index (χ1n) is 11.4. The largest absolute Gasteiger partial charge is 0.497 e. The molecule has 35 heavy (non-hydrogen) atoms. The van der Waals surface area contributed by atoms with Crippen LogP contribution in [0.15, 0.2) is 36.4 Å². The van der Waals surface area contributed by atoms with Crippen LogP contribution in [-0.4, -0.2) is 79.5 Å². The van der Waals surface area contributed by atoms with Crippen LogP contribution in [0.4, 0.5) is 14.9 Å². The molecular formula is C24H27ClFN5O4. The van der Waals surface area contributed by atoms with Crippen LogP contribution in [0.2, 0.25) is 5.02 Å². The monoisotopic (exact) mass is 503 g/mol. The lowest BCUT2D eigenvalue weighted by molar-refractivity contribution is -0.139. The molecule has 0 radical (unpaired) electrons. The molecule has 0 spiro atoms. The van der Waals surface area contributed by atoms with Crippen LogP contribution in [0.5, 0.6) is 11.5 Å². The molecule has 3 atom stereocenters. The molecule has 2 aromatic rings. The van der Waals surface area contributed by atoms with E-state index in [4.69, 9.17) is 21.1 Å². The highest BCUT2D eigenvalue weighted by atomic mass is 35.5. The van der Waals surface area contributed by atoms with Gasteiger partial charge in [0.15, 0.2) is 0 Å². The molecule has 3 aliphatic rings. The maximum Gasteiger partial charge on any atom is 0.328 e. The van der Waals surface area contributed by atoms with Crippen molar-refractivity contribution in [1.29, 1.82) is 0 Å². The second-order valence-corrected chi connectivity index (χ2v) is 9.18. The number of nitrogens with one attached hydrogen (secondary N) is 1. The van der Waals surface area contributed by atoms with Crippen LogP contribution in [0.25, 0.3) is 0 Å². The number of imide groups is 1. The lowest BCUT2D eigenvalue weighted by Crippen LogP contribution is -2.66. The van der Waals surface area contributed by atoms with Gasteiger partial charge in [0.1, 0.15) is 35.8 Å². The van der Waals surface area contributed by atoms with Gasteiger partial charge >= 0.3 is 6.03 Å². The van der Waals surface area contributed by atoms with Gasteiger partial charge in [-0.1, -0.05) is 17.7 Å². The summed E-state index contributed by atoms with van der Waals surface area (Å²) in [5.74, 6) is 0.391. The minimum atomic E-state index is -0.625. The van der Waals surface area contributed by atoms with Crippen LogP contribution in [0.3, 0.4) is 0 Å². The number of nitrogens with zero attached hydrogens (tertiary/aromatic N) is 4. The van der Waals surface area contributed by atoms with Gasteiger partial charge in [0.2, 0.25) is 0 Å². The Hall–Kier alpha value is -3.08. The molecule has 11 heteroatoms. The first kappa shape index (κ1) is 23.7. The van der Waals surface area contributed by atoms with Crippen LogP contribution in [-0.2, 0) is 11.3 Å². The van der Waals surface area contributed by atoms with E-state index in [1.807, 2.05) is 18.2 Å². The molecule has 3 fully saturated rings. The van der Waals surface area contributed by atoms with E-state index in [9.17, 15) is 14.0 Å². The number of halogens is 2. The molecule has 2 aromatic carbocycles. The Bertz CT molecular complexity index is 1150. The van der Waals surface area contributed by atoms with Gasteiger partial charge in [-0.3, -0.25) is 19.9 Å². The molecule has 0 aromatic heterocycles. The summed E-state index contributed by atoms with van der Waals surface area (Å²) in [7, 11) is 4.84. The van der Waals surface area contributed by atoms with E-state index in [2.05, 4.69) is 15.1 Å². The van der Waals surface area contributed by atoms with Crippen LogP contribution >= 0.6 is 11.6 Å². The van der Waals surface area contributed by atoms with Gasteiger partial charge in [0, 0.05) is 36.8 Å². The second kappa shape index (κ2) is 9.18. The van der Waals surface area contributed by atoms with E-state index >= 15 is 0 Å². The number of ether oxygens (including phenoxy) is 2. The number of carbonyl (C=O) groups excluding carboxylic acids is 2. The number of anilines is 1. The fourth-order valence-electron chi connectivity index (χ4n) is 5.17. The average molecular weight is 504 g/mol. The highest BCUT2D eigenvalue weighted by Gasteiger charge is 2.56. The number of likely N-dealkylation sites (N-methyl/N-ethyl adjacent to an activating group) is 1. The van der Waals surface area contributed by atoms with Gasteiger partial charge in [0.25, 0.3) is 5.91 Å². The molecule has 5 rings (SSSR count). The Morgan fingerprint density at radius 2 is 1.94 bits per heavy atom. The molecule has 186 valence electrons. The summed E-state index contributed by atoms with van der Waals surface area (Å²) in [6.45, 7) is 1.16.